The number of hydrogen-bond donors (Lipinski definition) is 1. The molecule has 0 radical (unpaired) electrons. The molecular weight excluding hydrogens is 298 g/mol. The van der Waals surface area contributed by atoms with Crippen LogP contribution in [-0.2, 0) is 6.42 Å². The summed E-state index contributed by atoms with van der Waals surface area (Å²) in [5, 5.41) is 3.29. The van der Waals surface area contributed by atoms with Crippen molar-refractivity contribution in [2.45, 2.75) is 16.2 Å². The van der Waals surface area contributed by atoms with Crippen molar-refractivity contribution >= 4 is 34.1 Å². The summed E-state index contributed by atoms with van der Waals surface area (Å²) in [5.41, 5.74) is 6.91. The molecule has 0 unspecified atom stereocenters. The van der Waals surface area contributed by atoms with Crippen LogP contribution in [0.2, 0.25) is 5.02 Å². The Morgan fingerprint density at radius 2 is 1.71 bits per heavy atom. The minimum absolute atomic E-state index is 0.631. The molecule has 1 nitrogen and oxygen atoms in total. The molecule has 21 heavy (non-hydrogen) atoms. The van der Waals surface area contributed by atoms with Crippen LogP contribution in [0, 0.1) is 0 Å². The Kier molecular flexibility index (Phi) is 4.49. The Balaban J connectivity index is 1.94. The van der Waals surface area contributed by atoms with E-state index in [1.807, 2.05) is 12.1 Å². The van der Waals surface area contributed by atoms with Gasteiger partial charge in [-0.25, -0.2) is 0 Å². The van der Waals surface area contributed by atoms with Gasteiger partial charge < -0.3 is 5.73 Å². The molecule has 106 valence electrons. The molecule has 3 aromatic rings. The van der Waals surface area contributed by atoms with Crippen LogP contribution in [0.1, 0.15) is 5.56 Å². The van der Waals surface area contributed by atoms with Gasteiger partial charge in [0.15, 0.2) is 0 Å². The molecule has 0 spiro atoms. The molecule has 0 heterocycles. The van der Waals surface area contributed by atoms with Crippen LogP contribution in [0.4, 0.5) is 0 Å². The molecule has 0 saturated carbocycles. The lowest BCUT2D eigenvalue weighted by Gasteiger charge is -2.09. The molecule has 0 aliphatic carbocycles. The Bertz CT molecular complexity index is 770. The van der Waals surface area contributed by atoms with Crippen LogP contribution in [0.25, 0.3) is 10.8 Å². The molecule has 0 atom stereocenters. The number of hydrogen-bond acceptors (Lipinski definition) is 2. The highest BCUT2D eigenvalue weighted by Gasteiger charge is 2.06. The van der Waals surface area contributed by atoms with E-state index in [0.29, 0.717) is 6.54 Å². The predicted molar refractivity (Wildman–Crippen MR) is 92.3 cm³/mol. The molecule has 0 fully saturated rings. The molecule has 0 bridgehead atoms. The third kappa shape index (κ3) is 3.41. The van der Waals surface area contributed by atoms with E-state index in [2.05, 4.69) is 48.5 Å². The standard InChI is InChI=1S/C18H16ClNS/c19-16-6-8-18(15(11-16)9-10-20)21-17-7-5-13-3-1-2-4-14(13)12-17/h1-8,11-12H,9-10,20H2. The van der Waals surface area contributed by atoms with Crippen LogP contribution in [0.15, 0.2) is 70.5 Å². The van der Waals surface area contributed by atoms with Gasteiger partial charge in [-0.05, 0) is 59.6 Å². The average Bonchev–Trinajstić information content (AvgIpc) is 2.50. The van der Waals surface area contributed by atoms with E-state index in [4.69, 9.17) is 17.3 Å². The second-order valence-electron chi connectivity index (χ2n) is 4.90. The van der Waals surface area contributed by atoms with Crippen molar-refractivity contribution in [1.82, 2.24) is 0 Å². The molecule has 3 rings (SSSR count). The normalized spacial score (nSPS) is 11.0. The highest BCUT2D eigenvalue weighted by molar-refractivity contribution is 7.99. The number of nitrogens with two attached hydrogens (primary N) is 1. The zero-order chi connectivity index (χ0) is 14.7. The Hall–Kier alpha value is -1.48. The highest BCUT2D eigenvalue weighted by Crippen LogP contribution is 2.33. The Labute approximate surface area is 134 Å². The van der Waals surface area contributed by atoms with Crippen LogP contribution in [0.5, 0.6) is 0 Å². The fraction of sp³-hybridized carbons (Fsp3) is 0.111. The molecular formula is C18H16ClNS. The van der Waals surface area contributed by atoms with Gasteiger partial charge in [0.25, 0.3) is 0 Å². The molecule has 2 N–H and O–H groups in total. The molecule has 0 amide bonds. The summed E-state index contributed by atoms with van der Waals surface area (Å²) in [7, 11) is 0. The van der Waals surface area contributed by atoms with E-state index < -0.39 is 0 Å². The Morgan fingerprint density at radius 1 is 0.905 bits per heavy atom. The second kappa shape index (κ2) is 6.52. The van der Waals surface area contributed by atoms with Crippen molar-refractivity contribution in [3.05, 3.63) is 71.2 Å². The fourth-order valence-corrected chi connectivity index (χ4v) is 3.56. The van der Waals surface area contributed by atoms with Crippen LogP contribution in [-0.4, -0.2) is 6.54 Å². The third-order valence-electron chi connectivity index (χ3n) is 3.38. The second-order valence-corrected chi connectivity index (χ2v) is 6.45. The molecule has 3 aromatic carbocycles. The summed E-state index contributed by atoms with van der Waals surface area (Å²) in [5.74, 6) is 0. The molecule has 0 saturated heterocycles. The van der Waals surface area contributed by atoms with Crippen molar-refractivity contribution in [2.75, 3.05) is 6.54 Å². The summed E-state index contributed by atoms with van der Waals surface area (Å²) < 4.78 is 0. The quantitative estimate of drug-likeness (QED) is 0.721. The van der Waals surface area contributed by atoms with Gasteiger partial charge in [0.1, 0.15) is 0 Å². The number of rotatable bonds is 4. The molecule has 0 aromatic heterocycles. The number of halogens is 1. The maximum absolute atomic E-state index is 6.08. The lowest BCUT2D eigenvalue weighted by atomic mass is 10.1. The topological polar surface area (TPSA) is 26.0 Å². The third-order valence-corrected chi connectivity index (χ3v) is 4.73. The fourth-order valence-electron chi connectivity index (χ4n) is 2.36. The number of benzene rings is 3. The van der Waals surface area contributed by atoms with Gasteiger partial charge >= 0.3 is 0 Å². The van der Waals surface area contributed by atoms with Crippen molar-refractivity contribution in [2.24, 2.45) is 5.73 Å². The molecule has 3 heteroatoms. The van der Waals surface area contributed by atoms with Crippen molar-refractivity contribution in [1.29, 1.82) is 0 Å². The summed E-state index contributed by atoms with van der Waals surface area (Å²) in [6.07, 6.45) is 0.844. The first-order chi connectivity index (χ1) is 10.3. The maximum atomic E-state index is 6.08. The van der Waals surface area contributed by atoms with E-state index in [1.54, 1.807) is 11.8 Å². The summed E-state index contributed by atoms with van der Waals surface area (Å²) in [4.78, 5) is 2.45. The first kappa shape index (κ1) is 14.5. The van der Waals surface area contributed by atoms with Crippen molar-refractivity contribution < 1.29 is 0 Å². The van der Waals surface area contributed by atoms with E-state index in [0.717, 1.165) is 11.4 Å². The lowest BCUT2D eigenvalue weighted by molar-refractivity contribution is 0.944. The minimum atomic E-state index is 0.631. The van der Waals surface area contributed by atoms with Crippen LogP contribution < -0.4 is 5.73 Å². The van der Waals surface area contributed by atoms with E-state index in [1.165, 1.54) is 26.1 Å². The maximum Gasteiger partial charge on any atom is 0.0409 e. The zero-order valence-corrected chi connectivity index (χ0v) is 13.1. The van der Waals surface area contributed by atoms with E-state index in [9.17, 15) is 0 Å². The molecule has 0 aliphatic rings. The summed E-state index contributed by atoms with van der Waals surface area (Å²) >= 11 is 7.85. The first-order valence-corrected chi connectivity index (χ1v) is 8.11. The lowest BCUT2D eigenvalue weighted by Crippen LogP contribution is -2.03. The van der Waals surface area contributed by atoms with Crippen molar-refractivity contribution in [3.8, 4) is 0 Å². The van der Waals surface area contributed by atoms with Gasteiger partial charge in [-0.1, -0.05) is 53.7 Å². The highest BCUT2D eigenvalue weighted by atomic mass is 35.5. The average molecular weight is 314 g/mol. The summed E-state index contributed by atoms with van der Waals surface area (Å²) in [6.45, 7) is 0.631. The van der Waals surface area contributed by atoms with Crippen LogP contribution in [0.3, 0.4) is 0 Å². The SMILES string of the molecule is NCCc1cc(Cl)ccc1Sc1ccc2ccccc2c1. The number of fused-ring (bicyclic) bond motifs is 1. The van der Waals surface area contributed by atoms with E-state index in [-0.39, 0.29) is 0 Å². The minimum Gasteiger partial charge on any atom is -0.330 e. The monoisotopic (exact) mass is 313 g/mol. The van der Waals surface area contributed by atoms with Crippen LogP contribution >= 0.6 is 23.4 Å². The zero-order valence-electron chi connectivity index (χ0n) is 11.6. The largest absolute Gasteiger partial charge is 0.330 e. The van der Waals surface area contributed by atoms with Gasteiger partial charge in [0.2, 0.25) is 0 Å². The first-order valence-electron chi connectivity index (χ1n) is 6.91. The Morgan fingerprint density at radius 3 is 2.52 bits per heavy atom. The smallest absolute Gasteiger partial charge is 0.0409 e. The van der Waals surface area contributed by atoms with E-state index >= 15 is 0 Å². The molecule has 0 aliphatic heterocycles. The van der Waals surface area contributed by atoms with Gasteiger partial charge in [-0.2, -0.15) is 0 Å². The van der Waals surface area contributed by atoms with Crippen molar-refractivity contribution in [3.63, 3.8) is 0 Å². The van der Waals surface area contributed by atoms with Gasteiger partial charge in [0, 0.05) is 14.8 Å². The predicted octanol–water partition coefficient (Wildman–Crippen LogP) is 5.15. The van der Waals surface area contributed by atoms with Gasteiger partial charge in [0.05, 0.1) is 0 Å². The van der Waals surface area contributed by atoms with Gasteiger partial charge in [-0.15, -0.1) is 0 Å². The summed E-state index contributed by atoms with van der Waals surface area (Å²) in [6, 6.07) is 21.0. The van der Waals surface area contributed by atoms with Gasteiger partial charge in [-0.3, -0.25) is 0 Å².